The average molecular weight is 271 g/mol. The molecule has 0 spiro atoms. The van der Waals surface area contributed by atoms with Crippen LogP contribution in [0.2, 0.25) is 0 Å². The minimum absolute atomic E-state index is 0.0135. The predicted molar refractivity (Wildman–Crippen MR) is 51.5 cm³/mol. The zero-order chi connectivity index (χ0) is 14.2. The second kappa shape index (κ2) is 4.46. The fourth-order valence-corrected chi connectivity index (χ4v) is 1.44. The van der Waals surface area contributed by atoms with Crippen molar-refractivity contribution in [1.29, 1.82) is 0 Å². The molecule has 1 N–H and O–H groups in total. The molecule has 18 heavy (non-hydrogen) atoms. The third-order valence-corrected chi connectivity index (χ3v) is 2.45. The number of benzene rings is 1. The van der Waals surface area contributed by atoms with Crippen LogP contribution in [0.5, 0.6) is 0 Å². The van der Waals surface area contributed by atoms with Crippen molar-refractivity contribution in [1.82, 2.24) is 0 Å². The van der Waals surface area contributed by atoms with Crippen molar-refractivity contribution in [3.63, 3.8) is 0 Å². The maximum absolute atomic E-state index is 12.5. The minimum atomic E-state index is -5.86. The smallest absolute Gasteiger partial charge is 0.369 e. The van der Waals surface area contributed by atoms with E-state index in [0.717, 1.165) is 6.07 Å². The molecular weight excluding hydrogens is 262 g/mol. The Morgan fingerprint density at radius 3 is 1.89 bits per heavy atom. The van der Waals surface area contributed by atoms with E-state index in [4.69, 9.17) is 5.11 Å². The van der Waals surface area contributed by atoms with E-state index >= 15 is 0 Å². The van der Waals surface area contributed by atoms with E-state index in [1.807, 2.05) is 0 Å². The molecule has 0 saturated heterocycles. The molecular formula is C11H9F6O. The van der Waals surface area contributed by atoms with Crippen LogP contribution in [0.4, 0.5) is 26.3 Å². The van der Waals surface area contributed by atoms with E-state index < -0.39 is 23.5 Å². The van der Waals surface area contributed by atoms with Crippen molar-refractivity contribution in [2.45, 2.75) is 24.4 Å². The van der Waals surface area contributed by atoms with Crippen LogP contribution < -0.4 is 0 Å². The quantitative estimate of drug-likeness (QED) is 0.817. The van der Waals surface area contributed by atoms with Gasteiger partial charge < -0.3 is 5.11 Å². The van der Waals surface area contributed by atoms with Gasteiger partial charge in [0.05, 0.1) is 0 Å². The van der Waals surface area contributed by atoms with Gasteiger partial charge in [-0.1, -0.05) is 24.3 Å². The molecule has 0 fully saturated rings. The van der Waals surface area contributed by atoms with Crippen LogP contribution in [0, 0.1) is 6.92 Å². The summed E-state index contributed by atoms with van der Waals surface area (Å²) < 4.78 is 75.2. The van der Waals surface area contributed by atoms with Gasteiger partial charge >= 0.3 is 12.4 Å². The maximum atomic E-state index is 12.5. The first-order valence-electron chi connectivity index (χ1n) is 4.78. The molecule has 7 heteroatoms. The van der Waals surface area contributed by atoms with Crippen molar-refractivity contribution in [3.05, 3.63) is 42.3 Å². The van der Waals surface area contributed by atoms with Crippen molar-refractivity contribution in [2.24, 2.45) is 0 Å². The number of alkyl halides is 6. The van der Waals surface area contributed by atoms with Gasteiger partial charge in [0.2, 0.25) is 0 Å². The van der Waals surface area contributed by atoms with Gasteiger partial charge in [-0.15, -0.1) is 0 Å². The highest BCUT2D eigenvalue weighted by atomic mass is 19.4. The zero-order valence-electron chi connectivity index (χ0n) is 8.94. The molecule has 0 atom stereocenters. The summed E-state index contributed by atoms with van der Waals surface area (Å²) in [5.74, 6) is 0. The monoisotopic (exact) mass is 271 g/mol. The Kier molecular flexibility index (Phi) is 3.67. The van der Waals surface area contributed by atoms with Crippen LogP contribution in [-0.4, -0.2) is 17.5 Å². The topological polar surface area (TPSA) is 20.2 Å². The van der Waals surface area contributed by atoms with Crippen molar-refractivity contribution in [2.75, 3.05) is 0 Å². The van der Waals surface area contributed by atoms with E-state index in [-0.39, 0.29) is 12.0 Å². The van der Waals surface area contributed by atoms with Gasteiger partial charge in [-0.3, -0.25) is 0 Å². The molecule has 1 aromatic carbocycles. The molecule has 0 aliphatic carbocycles. The number of hydrogen-bond donors (Lipinski definition) is 1. The van der Waals surface area contributed by atoms with E-state index in [1.165, 1.54) is 6.07 Å². The summed E-state index contributed by atoms with van der Waals surface area (Å²) >= 11 is 0. The number of rotatable bonds is 2. The number of halogens is 6. The van der Waals surface area contributed by atoms with Gasteiger partial charge in [0, 0.05) is 5.56 Å². The summed E-state index contributed by atoms with van der Waals surface area (Å²) in [5.41, 5.74) is -5.96. The van der Waals surface area contributed by atoms with E-state index in [1.54, 1.807) is 0 Å². The lowest BCUT2D eigenvalue weighted by atomic mass is 9.90. The van der Waals surface area contributed by atoms with Crippen LogP contribution in [0.3, 0.4) is 0 Å². The lowest BCUT2D eigenvalue weighted by Crippen LogP contribution is -2.53. The van der Waals surface area contributed by atoms with Gasteiger partial charge in [0.15, 0.2) is 0 Å². The third kappa shape index (κ3) is 2.31. The Balaban J connectivity index is 3.45. The molecule has 0 aromatic heterocycles. The number of hydrogen-bond acceptors (Lipinski definition) is 1. The Morgan fingerprint density at radius 1 is 1.00 bits per heavy atom. The Hall–Kier alpha value is -1.24. The minimum Gasteiger partial charge on any atom is -0.369 e. The summed E-state index contributed by atoms with van der Waals surface area (Å²) in [6, 6.07) is 3.57. The first kappa shape index (κ1) is 14.8. The Labute approximate surface area is 99.0 Å². The summed E-state index contributed by atoms with van der Waals surface area (Å²) in [7, 11) is 0. The van der Waals surface area contributed by atoms with Crippen LogP contribution in [0.15, 0.2) is 24.3 Å². The van der Waals surface area contributed by atoms with Crippen LogP contribution in [0.25, 0.3) is 0 Å². The van der Waals surface area contributed by atoms with Crippen LogP contribution in [-0.2, 0) is 12.0 Å². The molecule has 1 nitrogen and oxygen atoms in total. The summed E-state index contributed by atoms with van der Waals surface area (Å²) in [6.07, 6.45) is -11.7. The van der Waals surface area contributed by atoms with E-state index in [9.17, 15) is 26.3 Å². The average Bonchev–Trinajstić information content (AvgIpc) is 2.25. The first-order chi connectivity index (χ1) is 8.04. The second-order valence-electron chi connectivity index (χ2n) is 3.66. The molecule has 1 rings (SSSR count). The highest BCUT2D eigenvalue weighted by Gasteiger charge is 2.71. The van der Waals surface area contributed by atoms with E-state index in [0.29, 0.717) is 12.1 Å². The molecule has 0 saturated carbocycles. The van der Waals surface area contributed by atoms with Crippen LogP contribution in [0.1, 0.15) is 11.1 Å². The number of aliphatic hydroxyl groups is 1. The molecule has 0 bridgehead atoms. The van der Waals surface area contributed by atoms with Gasteiger partial charge in [-0.2, -0.15) is 26.3 Å². The molecule has 0 amide bonds. The highest BCUT2D eigenvalue weighted by molar-refractivity contribution is 5.31. The van der Waals surface area contributed by atoms with Gasteiger partial charge in [0.1, 0.15) is 0 Å². The third-order valence-electron chi connectivity index (χ3n) is 2.45. The lowest BCUT2D eigenvalue weighted by Gasteiger charge is -2.32. The molecule has 101 valence electrons. The van der Waals surface area contributed by atoms with Gasteiger partial charge in [-0.25, -0.2) is 0 Å². The summed E-state index contributed by atoms with van der Waals surface area (Å²) in [6.45, 7) is 3.36. The normalized spacial score (nSPS) is 13.8. The maximum Gasteiger partial charge on any atom is 0.430 e. The van der Waals surface area contributed by atoms with Gasteiger partial charge in [-0.05, 0) is 18.9 Å². The standard InChI is InChI=1S/C11H9F6O/c1-2-7-4-3-5-8(6-7)9(18,10(12,13)14)11(15,16)17/h3-6,18H,1-2H2. The first-order valence-corrected chi connectivity index (χ1v) is 4.78. The highest BCUT2D eigenvalue weighted by Crippen LogP contribution is 2.50. The molecule has 0 aliphatic rings. The van der Waals surface area contributed by atoms with Crippen molar-refractivity contribution < 1.29 is 31.4 Å². The molecule has 1 aromatic rings. The lowest BCUT2D eigenvalue weighted by molar-refractivity contribution is -0.376. The summed E-state index contributed by atoms with van der Waals surface area (Å²) in [4.78, 5) is 0. The summed E-state index contributed by atoms with van der Waals surface area (Å²) in [5, 5.41) is 9.11. The fourth-order valence-electron chi connectivity index (χ4n) is 1.44. The van der Waals surface area contributed by atoms with Crippen molar-refractivity contribution >= 4 is 0 Å². The SMILES string of the molecule is [CH2]Cc1cccc(C(O)(C(F)(F)F)C(F)(F)F)c1. The molecule has 0 aliphatic heterocycles. The van der Waals surface area contributed by atoms with Gasteiger partial charge in [0.25, 0.3) is 5.60 Å². The fraction of sp³-hybridized carbons (Fsp3) is 0.364. The van der Waals surface area contributed by atoms with Crippen LogP contribution >= 0.6 is 0 Å². The Bertz CT molecular complexity index is 406. The molecule has 1 radical (unpaired) electrons. The molecule has 0 heterocycles. The van der Waals surface area contributed by atoms with Crippen molar-refractivity contribution in [3.8, 4) is 0 Å². The molecule has 0 unspecified atom stereocenters. The largest absolute Gasteiger partial charge is 0.430 e. The Morgan fingerprint density at radius 2 is 1.50 bits per heavy atom. The zero-order valence-corrected chi connectivity index (χ0v) is 8.94. The second-order valence-corrected chi connectivity index (χ2v) is 3.66. The van der Waals surface area contributed by atoms with E-state index in [2.05, 4.69) is 6.92 Å². The predicted octanol–water partition coefficient (Wildman–Crippen LogP) is 3.38.